The summed E-state index contributed by atoms with van der Waals surface area (Å²) in [7, 11) is 1.63. The molecule has 2 aromatic carbocycles. The van der Waals surface area contributed by atoms with Gasteiger partial charge in [0.1, 0.15) is 5.75 Å². The summed E-state index contributed by atoms with van der Waals surface area (Å²) in [5, 5.41) is 6.08. The fourth-order valence-corrected chi connectivity index (χ4v) is 1.77. The van der Waals surface area contributed by atoms with E-state index in [9.17, 15) is 4.79 Å². The number of ether oxygens (including phenoxy) is 1. The Hall–Kier alpha value is -2.03. The van der Waals surface area contributed by atoms with E-state index in [1.54, 1.807) is 14.0 Å². The van der Waals surface area contributed by atoms with Crippen molar-refractivity contribution in [1.82, 2.24) is 0 Å². The molecule has 0 saturated carbocycles. The molecule has 2 aromatic rings. The van der Waals surface area contributed by atoms with Gasteiger partial charge in [-0.05, 0) is 35.4 Å². The fraction of sp³-hybridized carbons (Fsp3) is 0.214. The van der Waals surface area contributed by atoms with Crippen LogP contribution in [-0.4, -0.2) is 18.2 Å². The lowest BCUT2D eigenvalue weighted by Gasteiger charge is -2.08. The first-order valence-corrected chi connectivity index (χ1v) is 5.40. The van der Waals surface area contributed by atoms with Crippen LogP contribution in [0, 0.1) is 0 Å². The van der Waals surface area contributed by atoms with Crippen LogP contribution in [0.25, 0.3) is 12.2 Å². The van der Waals surface area contributed by atoms with Crippen molar-refractivity contribution in [3.05, 3.63) is 42.0 Å². The molecule has 0 aliphatic carbocycles. The number of aliphatic carboxylic acids is 1. The standard InChI is InChI=1S/C14H14O3/c1-9(14(15)16)10-3-4-12-8-13(17-2)6-5-11(12)7-10/h3-9H,1-2H3,(H,15,16)/i/hD. The predicted octanol–water partition coefficient (Wildman–Crippen LogP) is 3.04. The summed E-state index contributed by atoms with van der Waals surface area (Å²) in [6.45, 7) is 1.72. The van der Waals surface area contributed by atoms with Gasteiger partial charge >= 0.3 is 5.97 Å². The molecule has 0 amide bonds. The summed E-state index contributed by atoms with van der Waals surface area (Å²) >= 11 is 0. The highest BCUT2D eigenvalue weighted by molar-refractivity contribution is 5.86. The summed E-state index contributed by atoms with van der Waals surface area (Å²) in [6.07, 6.45) is 0. The third-order valence-electron chi connectivity index (χ3n) is 2.93. The third-order valence-corrected chi connectivity index (χ3v) is 2.93. The van der Waals surface area contributed by atoms with Crippen LogP contribution in [0.5, 0.6) is 5.75 Å². The summed E-state index contributed by atoms with van der Waals surface area (Å²) in [5.74, 6) is -0.189. The molecule has 2 rings (SSSR count). The molecule has 1 N–H and O–H groups in total. The Labute approximate surface area is 101 Å². The van der Waals surface area contributed by atoms with Crippen molar-refractivity contribution in [3.8, 4) is 5.75 Å². The zero-order chi connectivity index (χ0) is 13.1. The molecule has 0 saturated heterocycles. The molecule has 1 unspecified atom stereocenters. The number of benzene rings is 2. The Balaban J connectivity index is 2.42. The van der Waals surface area contributed by atoms with Gasteiger partial charge in [0.15, 0.2) is 0 Å². The predicted molar refractivity (Wildman–Crippen MR) is 66.6 cm³/mol. The Kier molecular flexibility index (Phi) is 2.66. The van der Waals surface area contributed by atoms with E-state index in [0.717, 1.165) is 22.1 Å². The zero-order valence-electron chi connectivity index (χ0n) is 10.8. The molecule has 0 fully saturated rings. The van der Waals surface area contributed by atoms with Crippen molar-refractivity contribution in [2.45, 2.75) is 12.8 Å². The van der Waals surface area contributed by atoms with Gasteiger partial charge < -0.3 is 9.85 Å². The van der Waals surface area contributed by atoms with Crippen molar-refractivity contribution in [3.63, 3.8) is 0 Å². The fourth-order valence-electron chi connectivity index (χ4n) is 1.77. The van der Waals surface area contributed by atoms with Crippen LogP contribution in [0.2, 0.25) is 0 Å². The third kappa shape index (κ3) is 2.23. The monoisotopic (exact) mass is 231 g/mol. The molecular weight excluding hydrogens is 216 g/mol. The van der Waals surface area contributed by atoms with Crippen LogP contribution >= 0.6 is 0 Å². The van der Waals surface area contributed by atoms with Gasteiger partial charge in [0, 0.05) is 0 Å². The molecule has 0 aliphatic heterocycles. The SMILES string of the molecule is [2H]OC(=O)C(C)c1ccc2cc(OC)ccc2c1. The number of rotatable bonds is 3. The lowest BCUT2D eigenvalue weighted by atomic mass is 9.98. The van der Waals surface area contributed by atoms with Crippen LogP contribution < -0.4 is 4.74 Å². The van der Waals surface area contributed by atoms with Gasteiger partial charge in [-0.15, -0.1) is 0 Å². The molecule has 0 aromatic heterocycles. The Morgan fingerprint density at radius 2 is 2.00 bits per heavy atom. The van der Waals surface area contributed by atoms with E-state index in [2.05, 4.69) is 5.11 Å². The van der Waals surface area contributed by atoms with Crippen molar-refractivity contribution >= 4 is 16.7 Å². The normalized spacial score (nSPS) is 12.9. The van der Waals surface area contributed by atoms with Crippen LogP contribution in [0.3, 0.4) is 0 Å². The molecule has 88 valence electrons. The molecule has 3 heteroatoms. The average Bonchev–Trinajstić information content (AvgIpc) is 2.44. The summed E-state index contributed by atoms with van der Waals surface area (Å²) in [5.41, 5.74) is 0.838. The number of carboxylic acid groups (broad SMARTS) is 1. The van der Waals surface area contributed by atoms with Crippen LogP contribution in [0.1, 0.15) is 18.4 Å². The number of carbonyl (C=O) groups is 1. The molecule has 17 heavy (non-hydrogen) atoms. The maximum Gasteiger partial charge on any atom is 0.310 e. The quantitative estimate of drug-likeness (QED) is 0.883. The topological polar surface area (TPSA) is 46.5 Å². The van der Waals surface area contributed by atoms with E-state index >= 15 is 0 Å². The van der Waals surface area contributed by atoms with Gasteiger partial charge in [-0.3, -0.25) is 4.79 Å². The first kappa shape index (κ1) is 10.1. The second kappa shape index (κ2) is 4.45. The van der Waals surface area contributed by atoms with Gasteiger partial charge in [0.25, 0.3) is 1.43 Å². The van der Waals surface area contributed by atoms with Crippen LogP contribution in [0.4, 0.5) is 0 Å². The van der Waals surface area contributed by atoms with Crippen molar-refractivity contribution in [2.24, 2.45) is 0 Å². The Morgan fingerprint density at radius 1 is 1.29 bits per heavy atom. The highest BCUT2D eigenvalue weighted by Gasteiger charge is 2.13. The number of carboxylic acids is 1. The maximum atomic E-state index is 11.3. The average molecular weight is 231 g/mol. The van der Waals surface area contributed by atoms with E-state index in [-0.39, 0.29) is 0 Å². The van der Waals surface area contributed by atoms with Gasteiger partial charge in [0.05, 0.1) is 13.0 Å². The molecule has 1 atom stereocenters. The van der Waals surface area contributed by atoms with E-state index < -0.39 is 11.9 Å². The van der Waals surface area contributed by atoms with Crippen molar-refractivity contribution in [2.75, 3.05) is 7.11 Å². The molecule has 0 heterocycles. The van der Waals surface area contributed by atoms with E-state index in [0.29, 0.717) is 0 Å². The highest BCUT2D eigenvalue weighted by Crippen LogP contribution is 2.25. The summed E-state index contributed by atoms with van der Waals surface area (Å²) < 4.78 is 11.8. The lowest BCUT2D eigenvalue weighted by molar-refractivity contribution is -0.138. The van der Waals surface area contributed by atoms with Gasteiger partial charge in [0.2, 0.25) is 0 Å². The molecule has 0 bridgehead atoms. The van der Waals surface area contributed by atoms with Crippen LogP contribution in [-0.2, 0) is 4.79 Å². The maximum absolute atomic E-state index is 11.3. The second-order valence-electron chi connectivity index (χ2n) is 4.01. The zero-order valence-corrected chi connectivity index (χ0v) is 9.77. The molecule has 0 radical (unpaired) electrons. The lowest BCUT2D eigenvalue weighted by Crippen LogP contribution is -2.06. The minimum atomic E-state index is -0.553. The van der Waals surface area contributed by atoms with Gasteiger partial charge in [-0.25, -0.2) is 0 Å². The second-order valence-corrected chi connectivity index (χ2v) is 4.01. The van der Waals surface area contributed by atoms with Crippen molar-refractivity contribution in [1.29, 1.82) is 1.43 Å². The van der Waals surface area contributed by atoms with E-state index in [1.807, 2.05) is 36.4 Å². The van der Waals surface area contributed by atoms with Crippen LogP contribution in [0.15, 0.2) is 36.4 Å². The Morgan fingerprint density at radius 3 is 2.71 bits per heavy atom. The largest absolute Gasteiger partial charge is 0.497 e. The van der Waals surface area contributed by atoms with E-state index in [4.69, 9.17) is 6.17 Å². The number of hydrogen-bond donors (Lipinski definition) is 1. The molecular formula is C14H14O3. The number of methoxy groups -OCH3 is 1. The molecule has 3 nitrogen and oxygen atoms in total. The molecule has 0 aliphatic rings. The smallest absolute Gasteiger partial charge is 0.310 e. The number of fused-ring (bicyclic) bond motifs is 1. The van der Waals surface area contributed by atoms with Gasteiger partial charge in [-0.2, -0.15) is 0 Å². The first-order chi connectivity index (χ1) is 8.65. The minimum Gasteiger partial charge on any atom is -0.497 e. The molecule has 0 spiro atoms. The minimum absolute atomic E-state index is 0.436. The number of hydrogen-bond acceptors (Lipinski definition) is 3. The van der Waals surface area contributed by atoms with Gasteiger partial charge in [-0.1, -0.05) is 24.3 Å². The van der Waals surface area contributed by atoms with Crippen molar-refractivity contribution < 1.29 is 14.6 Å². The Bertz CT molecular complexity index is 580. The first-order valence-electron chi connectivity index (χ1n) is 5.81. The highest BCUT2D eigenvalue weighted by atomic mass is 16.5. The van der Waals surface area contributed by atoms with E-state index in [1.165, 1.54) is 0 Å². The summed E-state index contributed by atoms with van der Waals surface area (Å²) in [6, 6.07) is 11.5. The summed E-state index contributed by atoms with van der Waals surface area (Å²) in [4.78, 5) is 11.3.